The standard InChI is InChI=1S/C17H19N5OS/c1-12-18-17(24-20-12)22-9-7-21(8-10-22)16-6-4-13-3-5-14(23-2)11-15(13)19-16/h3-6,11H,7-10H2,1-2H3. The molecule has 6 nitrogen and oxygen atoms in total. The molecule has 0 N–H and O–H groups in total. The normalized spacial score (nSPS) is 15.1. The summed E-state index contributed by atoms with van der Waals surface area (Å²) < 4.78 is 9.57. The Kier molecular flexibility index (Phi) is 3.93. The van der Waals surface area contributed by atoms with E-state index in [2.05, 4.69) is 31.3 Å². The van der Waals surface area contributed by atoms with E-state index in [1.807, 2.05) is 25.1 Å². The van der Waals surface area contributed by atoms with Crippen molar-refractivity contribution in [1.82, 2.24) is 14.3 Å². The zero-order valence-corrected chi connectivity index (χ0v) is 14.6. The van der Waals surface area contributed by atoms with E-state index in [0.717, 1.165) is 59.6 Å². The summed E-state index contributed by atoms with van der Waals surface area (Å²) >= 11 is 1.48. The van der Waals surface area contributed by atoms with E-state index < -0.39 is 0 Å². The maximum absolute atomic E-state index is 5.30. The molecular weight excluding hydrogens is 322 g/mol. The third-order valence-electron chi connectivity index (χ3n) is 4.28. The predicted octanol–water partition coefficient (Wildman–Crippen LogP) is 2.73. The maximum atomic E-state index is 5.30. The van der Waals surface area contributed by atoms with E-state index in [-0.39, 0.29) is 0 Å². The van der Waals surface area contributed by atoms with Crippen LogP contribution in [0.2, 0.25) is 0 Å². The van der Waals surface area contributed by atoms with Crippen LogP contribution in [0.1, 0.15) is 5.82 Å². The van der Waals surface area contributed by atoms with Crippen LogP contribution < -0.4 is 14.5 Å². The van der Waals surface area contributed by atoms with Gasteiger partial charge in [0.2, 0.25) is 5.13 Å². The van der Waals surface area contributed by atoms with E-state index in [1.54, 1.807) is 7.11 Å². The fourth-order valence-corrected chi connectivity index (χ4v) is 3.66. The van der Waals surface area contributed by atoms with Gasteiger partial charge in [-0.1, -0.05) is 0 Å². The lowest BCUT2D eigenvalue weighted by atomic mass is 10.2. The fourth-order valence-electron chi connectivity index (χ4n) is 2.93. The van der Waals surface area contributed by atoms with Gasteiger partial charge < -0.3 is 14.5 Å². The van der Waals surface area contributed by atoms with Crippen LogP contribution >= 0.6 is 11.5 Å². The molecule has 24 heavy (non-hydrogen) atoms. The van der Waals surface area contributed by atoms with Crippen molar-refractivity contribution in [2.24, 2.45) is 0 Å². The predicted molar refractivity (Wildman–Crippen MR) is 97.4 cm³/mol. The van der Waals surface area contributed by atoms with E-state index in [0.29, 0.717) is 0 Å². The molecule has 0 amide bonds. The molecule has 0 spiro atoms. The molecule has 7 heteroatoms. The Morgan fingerprint density at radius 1 is 1.00 bits per heavy atom. The van der Waals surface area contributed by atoms with Crippen LogP contribution in [-0.2, 0) is 0 Å². The van der Waals surface area contributed by atoms with Gasteiger partial charge in [0, 0.05) is 49.2 Å². The number of hydrogen-bond donors (Lipinski definition) is 0. The average molecular weight is 341 g/mol. The molecule has 3 heterocycles. The van der Waals surface area contributed by atoms with Crippen molar-refractivity contribution in [3.63, 3.8) is 0 Å². The average Bonchev–Trinajstić information content (AvgIpc) is 3.07. The molecule has 0 aliphatic carbocycles. The highest BCUT2D eigenvalue weighted by Crippen LogP contribution is 2.24. The molecule has 0 atom stereocenters. The lowest BCUT2D eigenvalue weighted by molar-refractivity contribution is 0.415. The second kappa shape index (κ2) is 6.24. The number of hydrogen-bond acceptors (Lipinski definition) is 7. The second-order valence-corrected chi connectivity index (χ2v) is 6.56. The van der Waals surface area contributed by atoms with E-state index in [1.165, 1.54) is 11.5 Å². The minimum Gasteiger partial charge on any atom is -0.497 e. The van der Waals surface area contributed by atoms with Crippen molar-refractivity contribution in [1.29, 1.82) is 0 Å². The van der Waals surface area contributed by atoms with Gasteiger partial charge in [0.05, 0.1) is 12.6 Å². The van der Waals surface area contributed by atoms with Gasteiger partial charge in [-0.3, -0.25) is 0 Å². The number of piperazine rings is 1. The Balaban J connectivity index is 1.51. The number of benzene rings is 1. The summed E-state index contributed by atoms with van der Waals surface area (Å²) in [6, 6.07) is 10.2. The minimum absolute atomic E-state index is 0.837. The van der Waals surface area contributed by atoms with Crippen LogP contribution in [0, 0.1) is 6.92 Å². The molecule has 0 radical (unpaired) electrons. The van der Waals surface area contributed by atoms with Crippen molar-refractivity contribution in [2.75, 3.05) is 43.1 Å². The Bertz CT molecular complexity index is 857. The van der Waals surface area contributed by atoms with Gasteiger partial charge in [0.15, 0.2) is 0 Å². The van der Waals surface area contributed by atoms with Crippen LogP contribution in [0.15, 0.2) is 30.3 Å². The van der Waals surface area contributed by atoms with E-state index in [9.17, 15) is 0 Å². The highest BCUT2D eigenvalue weighted by atomic mass is 32.1. The van der Waals surface area contributed by atoms with Crippen molar-refractivity contribution < 1.29 is 4.74 Å². The summed E-state index contributed by atoms with van der Waals surface area (Å²) in [5.74, 6) is 2.70. The first kappa shape index (κ1) is 15.1. The Hall–Kier alpha value is -2.41. The van der Waals surface area contributed by atoms with Crippen molar-refractivity contribution >= 4 is 33.4 Å². The van der Waals surface area contributed by atoms with Gasteiger partial charge in [0.25, 0.3) is 0 Å². The third-order valence-corrected chi connectivity index (χ3v) is 5.14. The first-order valence-electron chi connectivity index (χ1n) is 7.98. The Morgan fingerprint density at radius 2 is 1.75 bits per heavy atom. The molecule has 1 fully saturated rings. The Labute approximate surface area is 144 Å². The first-order valence-corrected chi connectivity index (χ1v) is 8.75. The van der Waals surface area contributed by atoms with E-state index in [4.69, 9.17) is 9.72 Å². The van der Waals surface area contributed by atoms with Gasteiger partial charge in [-0.25, -0.2) is 9.97 Å². The topological polar surface area (TPSA) is 54.4 Å². The lowest BCUT2D eigenvalue weighted by Gasteiger charge is -2.35. The Morgan fingerprint density at radius 3 is 2.46 bits per heavy atom. The number of fused-ring (bicyclic) bond motifs is 1. The number of ether oxygens (including phenoxy) is 1. The molecule has 1 saturated heterocycles. The van der Waals surface area contributed by atoms with Crippen LogP contribution in [-0.4, -0.2) is 47.6 Å². The molecule has 124 valence electrons. The number of aryl methyl sites for hydroxylation is 1. The summed E-state index contributed by atoms with van der Waals surface area (Å²) in [7, 11) is 1.68. The van der Waals surface area contributed by atoms with Gasteiger partial charge >= 0.3 is 0 Å². The summed E-state index contributed by atoms with van der Waals surface area (Å²) in [6.45, 7) is 5.67. The minimum atomic E-state index is 0.837. The smallest absolute Gasteiger partial charge is 0.205 e. The largest absolute Gasteiger partial charge is 0.497 e. The maximum Gasteiger partial charge on any atom is 0.205 e. The number of aromatic nitrogens is 3. The zero-order valence-electron chi connectivity index (χ0n) is 13.8. The van der Waals surface area contributed by atoms with Gasteiger partial charge in [0.1, 0.15) is 17.4 Å². The molecular formula is C17H19N5OS. The summed E-state index contributed by atoms with van der Waals surface area (Å²) in [6.07, 6.45) is 0. The molecule has 1 aliphatic heterocycles. The molecule has 0 bridgehead atoms. The highest BCUT2D eigenvalue weighted by molar-refractivity contribution is 7.09. The van der Waals surface area contributed by atoms with Crippen molar-refractivity contribution in [3.8, 4) is 5.75 Å². The quantitative estimate of drug-likeness (QED) is 0.730. The van der Waals surface area contributed by atoms with Crippen LogP contribution in [0.4, 0.5) is 10.9 Å². The summed E-state index contributed by atoms with van der Waals surface area (Å²) in [4.78, 5) is 13.9. The number of rotatable bonds is 3. The monoisotopic (exact) mass is 341 g/mol. The number of anilines is 2. The molecule has 0 saturated carbocycles. The molecule has 1 aromatic carbocycles. The van der Waals surface area contributed by atoms with Crippen LogP contribution in [0.3, 0.4) is 0 Å². The lowest BCUT2D eigenvalue weighted by Crippen LogP contribution is -2.46. The van der Waals surface area contributed by atoms with Crippen molar-refractivity contribution in [3.05, 3.63) is 36.2 Å². The summed E-state index contributed by atoms with van der Waals surface area (Å²) in [5, 5.41) is 2.14. The molecule has 2 aromatic heterocycles. The second-order valence-electron chi connectivity index (χ2n) is 5.83. The van der Waals surface area contributed by atoms with Crippen LogP contribution in [0.5, 0.6) is 5.75 Å². The number of nitrogens with zero attached hydrogens (tertiary/aromatic N) is 5. The number of methoxy groups -OCH3 is 1. The number of pyridine rings is 1. The molecule has 1 aliphatic rings. The van der Waals surface area contributed by atoms with Crippen LogP contribution in [0.25, 0.3) is 10.9 Å². The van der Waals surface area contributed by atoms with Gasteiger partial charge in [-0.2, -0.15) is 4.37 Å². The van der Waals surface area contributed by atoms with E-state index >= 15 is 0 Å². The molecule has 3 aromatic rings. The zero-order chi connectivity index (χ0) is 16.5. The molecule has 4 rings (SSSR count). The van der Waals surface area contributed by atoms with Crippen molar-refractivity contribution in [2.45, 2.75) is 6.92 Å². The first-order chi connectivity index (χ1) is 11.7. The van der Waals surface area contributed by atoms with Gasteiger partial charge in [-0.05, 0) is 31.2 Å². The van der Waals surface area contributed by atoms with Gasteiger partial charge in [-0.15, -0.1) is 0 Å². The summed E-state index contributed by atoms with van der Waals surface area (Å²) in [5.41, 5.74) is 0.967. The fraction of sp³-hybridized carbons (Fsp3) is 0.353. The third kappa shape index (κ3) is 2.87. The highest BCUT2D eigenvalue weighted by Gasteiger charge is 2.20. The SMILES string of the molecule is COc1ccc2ccc(N3CCN(c4nc(C)ns4)CC3)nc2c1. The molecule has 0 unspecified atom stereocenters.